The molecule has 174 valence electrons. The Morgan fingerprint density at radius 2 is 1.12 bits per heavy atom. The van der Waals surface area contributed by atoms with Gasteiger partial charge >= 0.3 is 0 Å². The van der Waals surface area contributed by atoms with Crippen molar-refractivity contribution in [2.45, 2.75) is 48.5 Å². The van der Waals surface area contributed by atoms with E-state index in [-0.39, 0.29) is 10.8 Å². The lowest BCUT2D eigenvalue weighted by molar-refractivity contribution is 0.443. The zero-order chi connectivity index (χ0) is 24.2. The van der Waals surface area contributed by atoms with Crippen molar-refractivity contribution in [3.05, 3.63) is 89.0 Å². The fourth-order valence-corrected chi connectivity index (χ4v) is 3.56. The molecule has 0 bridgehead atoms. The predicted octanol–water partition coefficient (Wildman–Crippen LogP) is 7.94. The molecule has 0 saturated heterocycles. The Labute approximate surface area is 200 Å². The molecule has 0 unspecified atom stereocenters. The molecule has 0 atom stereocenters. The summed E-state index contributed by atoms with van der Waals surface area (Å²) >= 11 is 0. The van der Waals surface area contributed by atoms with Gasteiger partial charge in [-0.3, -0.25) is 0 Å². The van der Waals surface area contributed by atoms with Crippen LogP contribution in [0.5, 0.6) is 0 Å². The maximum atomic E-state index is 8.09. The highest BCUT2D eigenvalue weighted by atomic mass is 14.9. The number of rotatable bonds is 6. The highest BCUT2D eigenvalue weighted by Crippen LogP contribution is 2.32. The topological polar surface area (TPSA) is 47.9 Å². The summed E-state index contributed by atoms with van der Waals surface area (Å²) in [5, 5.41) is 15.2. The average molecular weight is 442 g/mol. The zero-order valence-electron chi connectivity index (χ0n) is 21.3. The van der Waals surface area contributed by atoms with Crippen LogP contribution >= 0.6 is 0 Å². The van der Waals surface area contributed by atoms with E-state index in [1.807, 2.05) is 13.0 Å². The van der Waals surface area contributed by atoms with Gasteiger partial charge in [-0.15, -0.1) is 0 Å². The van der Waals surface area contributed by atoms with E-state index < -0.39 is 0 Å². The molecule has 1 aliphatic rings. The van der Waals surface area contributed by atoms with Crippen molar-refractivity contribution in [2.24, 2.45) is 10.8 Å². The fourth-order valence-electron chi connectivity index (χ4n) is 3.56. The molecule has 0 heterocycles. The van der Waals surface area contributed by atoms with Crippen molar-refractivity contribution in [3.8, 4) is 0 Å². The summed E-state index contributed by atoms with van der Waals surface area (Å²) in [4.78, 5) is 0. The van der Waals surface area contributed by atoms with Gasteiger partial charge < -0.3 is 16.0 Å². The van der Waals surface area contributed by atoms with Gasteiger partial charge in [0.05, 0.1) is 5.71 Å². The summed E-state index contributed by atoms with van der Waals surface area (Å²) in [5.74, 6) is 0. The molecule has 3 N–H and O–H groups in total. The number of hydrogen-bond donors (Lipinski definition) is 3. The van der Waals surface area contributed by atoms with Gasteiger partial charge in [0.25, 0.3) is 0 Å². The Balaban J connectivity index is 1.95. The van der Waals surface area contributed by atoms with Crippen LogP contribution in [0, 0.1) is 16.2 Å². The molecule has 0 aliphatic heterocycles. The number of benzene rings is 2. The molecule has 3 rings (SSSR count). The number of hydrogen-bond acceptors (Lipinski definition) is 3. The number of nitrogens with one attached hydrogen (secondary N) is 3. The third-order valence-corrected chi connectivity index (χ3v) is 5.51. The molecule has 2 aromatic rings. The van der Waals surface area contributed by atoms with Crippen molar-refractivity contribution >= 4 is 22.7 Å². The lowest BCUT2D eigenvalue weighted by atomic mass is 9.89. The number of anilines is 2. The Hall–Kier alpha value is -3.07. The van der Waals surface area contributed by atoms with Crippen molar-refractivity contribution < 1.29 is 0 Å². The van der Waals surface area contributed by atoms with Gasteiger partial charge in [0, 0.05) is 24.5 Å². The Kier molecular flexibility index (Phi) is 7.31. The quantitative estimate of drug-likeness (QED) is 0.426. The third kappa shape index (κ3) is 7.21. The summed E-state index contributed by atoms with van der Waals surface area (Å²) in [6.07, 6.45) is 6.07. The maximum absolute atomic E-state index is 8.09. The summed E-state index contributed by atoms with van der Waals surface area (Å²) < 4.78 is 0. The molecule has 0 radical (unpaired) electrons. The first-order chi connectivity index (χ1) is 15.4. The molecule has 0 fully saturated rings. The molecule has 0 saturated carbocycles. The minimum absolute atomic E-state index is 0.230. The second kappa shape index (κ2) is 9.82. The van der Waals surface area contributed by atoms with E-state index in [2.05, 4.69) is 113 Å². The SMILES string of the molecule is CC1=CC(=C(c2ccc(NCC(C)(C)C)cc2)c2ccc(NCC(C)(C)C)cc2)C=CC1=N. The van der Waals surface area contributed by atoms with Gasteiger partial charge in [0.15, 0.2) is 0 Å². The summed E-state index contributed by atoms with van der Waals surface area (Å²) in [5.41, 5.74) is 8.94. The van der Waals surface area contributed by atoms with Gasteiger partial charge in [0.1, 0.15) is 0 Å². The second-order valence-electron chi connectivity index (χ2n) is 11.4. The van der Waals surface area contributed by atoms with Crippen LogP contribution in [0.1, 0.15) is 59.6 Å². The van der Waals surface area contributed by atoms with E-state index in [0.717, 1.165) is 35.6 Å². The van der Waals surface area contributed by atoms with E-state index >= 15 is 0 Å². The van der Waals surface area contributed by atoms with Crippen LogP contribution in [-0.2, 0) is 0 Å². The minimum atomic E-state index is 0.230. The third-order valence-electron chi connectivity index (χ3n) is 5.51. The highest BCUT2D eigenvalue weighted by Gasteiger charge is 2.15. The van der Waals surface area contributed by atoms with Gasteiger partial charge in [-0.2, -0.15) is 0 Å². The van der Waals surface area contributed by atoms with Crippen LogP contribution in [0.3, 0.4) is 0 Å². The largest absolute Gasteiger partial charge is 0.385 e. The van der Waals surface area contributed by atoms with E-state index in [1.165, 1.54) is 16.7 Å². The van der Waals surface area contributed by atoms with Crippen LogP contribution < -0.4 is 10.6 Å². The molecule has 33 heavy (non-hydrogen) atoms. The Morgan fingerprint density at radius 3 is 1.48 bits per heavy atom. The molecule has 3 nitrogen and oxygen atoms in total. The zero-order valence-corrected chi connectivity index (χ0v) is 21.3. The molecular formula is C30H39N3. The Bertz CT molecular complexity index is 1000. The first-order valence-corrected chi connectivity index (χ1v) is 11.8. The average Bonchev–Trinajstić information content (AvgIpc) is 2.74. The number of allylic oxidation sites excluding steroid dienone is 5. The standard InChI is InChI=1S/C30H39N3/c1-21-18-24(12-17-27(21)31)28(22-8-13-25(14-9-22)32-19-29(2,3)4)23-10-15-26(16-11-23)33-20-30(5,6)7/h8-18,31-33H,19-20H2,1-7H3. The molecule has 2 aromatic carbocycles. The van der Waals surface area contributed by atoms with Crippen molar-refractivity contribution in [1.82, 2.24) is 0 Å². The summed E-state index contributed by atoms with van der Waals surface area (Å²) in [6.45, 7) is 17.3. The van der Waals surface area contributed by atoms with Gasteiger partial charge in [-0.1, -0.05) is 71.9 Å². The Morgan fingerprint density at radius 1 is 0.697 bits per heavy atom. The highest BCUT2D eigenvalue weighted by molar-refractivity contribution is 6.08. The molecule has 1 aliphatic carbocycles. The van der Waals surface area contributed by atoms with E-state index in [1.54, 1.807) is 0 Å². The van der Waals surface area contributed by atoms with Crippen LogP contribution in [0.25, 0.3) is 5.57 Å². The van der Waals surface area contributed by atoms with Crippen molar-refractivity contribution in [3.63, 3.8) is 0 Å². The van der Waals surface area contributed by atoms with Crippen molar-refractivity contribution in [1.29, 1.82) is 5.41 Å². The summed E-state index contributed by atoms with van der Waals surface area (Å²) in [7, 11) is 0. The summed E-state index contributed by atoms with van der Waals surface area (Å²) in [6, 6.07) is 17.4. The molecule has 0 amide bonds. The monoisotopic (exact) mass is 441 g/mol. The van der Waals surface area contributed by atoms with E-state index in [9.17, 15) is 0 Å². The molecular weight excluding hydrogens is 402 g/mol. The second-order valence-corrected chi connectivity index (χ2v) is 11.4. The van der Waals surface area contributed by atoms with Crippen LogP contribution in [-0.4, -0.2) is 18.8 Å². The van der Waals surface area contributed by atoms with Crippen LogP contribution in [0.15, 0.2) is 77.9 Å². The van der Waals surface area contributed by atoms with Gasteiger partial charge in [0.2, 0.25) is 0 Å². The lowest BCUT2D eigenvalue weighted by Gasteiger charge is -2.21. The van der Waals surface area contributed by atoms with E-state index in [4.69, 9.17) is 5.41 Å². The van der Waals surface area contributed by atoms with Gasteiger partial charge in [-0.05, 0) is 82.0 Å². The normalized spacial score (nSPS) is 14.2. The van der Waals surface area contributed by atoms with Crippen LogP contribution in [0.4, 0.5) is 11.4 Å². The van der Waals surface area contributed by atoms with Crippen LogP contribution in [0.2, 0.25) is 0 Å². The van der Waals surface area contributed by atoms with Gasteiger partial charge in [-0.25, -0.2) is 0 Å². The molecule has 3 heteroatoms. The maximum Gasteiger partial charge on any atom is 0.0569 e. The van der Waals surface area contributed by atoms with Crippen molar-refractivity contribution in [2.75, 3.05) is 23.7 Å². The predicted molar refractivity (Wildman–Crippen MR) is 145 cm³/mol. The minimum Gasteiger partial charge on any atom is -0.385 e. The first-order valence-electron chi connectivity index (χ1n) is 11.8. The fraction of sp³-hybridized carbons (Fsp3) is 0.367. The first kappa shape index (κ1) is 24.6. The molecule has 0 spiro atoms. The lowest BCUT2D eigenvalue weighted by Crippen LogP contribution is -2.18. The molecule has 0 aromatic heterocycles. The van der Waals surface area contributed by atoms with E-state index in [0.29, 0.717) is 5.71 Å². The smallest absolute Gasteiger partial charge is 0.0569 e.